The van der Waals surface area contributed by atoms with E-state index in [1.807, 2.05) is 0 Å². The van der Waals surface area contributed by atoms with Crippen LogP contribution in [0.5, 0.6) is 0 Å². The molecule has 0 saturated carbocycles. The molecule has 0 saturated heterocycles. The Morgan fingerprint density at radius 3 is 2.42 bits per heavy atom. The number of rotatable bonds is 6. The minimum atomic E-state index is -0.435. The molecule has 0 aliphatic heterocycles. The summed E-state index contributed by atoms with van der Waals surface area (Å²) in [5, 5.41) is 2.75. The number of ketones is 2. The highest BCUT2D eigenvalue weighted by molar-refractivity contribution is 8.01. The summed E-state index contributed by atoms with van der Waals surface area (Å²) < 4.78 is 0.652. The number of carbonyl (C=O) groups excluding carboxylic acids is 4. The molecule has 31 heavy (non-hydrogen) atoms. The summed E-state index contributed by atoms with van der Waals surface area (Å²) in [5.74, 6) is -1.24. The lowest BCUT2D eigenvalue weighted by Crippen LogP contribution is -2.24. The molecule has 2 amide bonds. The lowest BCUT2D eigenvalue weighted by atomic mass is 9.83. The van der Waals surface area contributed by atoms with Gasteiger partial charge in [0, 0.05) is 21.6 Å². The van der Waals surface area contributed by atoms with E-state index in [-0.39, 0.29) is 40.8 Å². The van der Waals surface area contributed by atoms with E-state index in [2.05, 4.69) is 10.3 Å². The predicted molar refractivity (Wildman–Crippen MR) is 119 cm³/mol. The highest BCUT2D eigenvalue weighted by Crippen LogP contribution is 2.32. The van der Waals surface area contributed by atoms with Crippen LogP contribution in [-0.4, -0.2) is 34.1 Å². The Balaban J connectivity index is 1.51. The van der Waals surface area contributed by atoms with Crippen LogP contribution in [0.15, 0.2) is 46.8 Å². The summed E-state index contributed by atoms with van der Waals surface area (Å²) in [6.07, 6.45) is 0.115. The minimum absolute atomic E-state index is 0.0609. The summed E-state index contributed by atoms with van der Waals surface area (Å²) >= 11 is 2.55. The van der Waals surface area contributed by atoms with Crippen LogP contribution in [0, 0.1) is 6.92 Å². The SMILES string of the molecule is Cc1nc(SCC(=O)Nc2cccc3c2C(=O)c2ccccc2C3=O)sc1CC(N)=O. The molecule has 156 valence electrons. The van der Waals surface area contributed by atoms with Gasteiger partial charge in [-0.25, -0.2) is 4.98 Å². The summed E-state index contributed by atoms with van der Waals surface area (Å²) in [6.45, 7) is 1.79. The average molecular weight is 452 g/mol. The number of aromatic nitrogens is 1. The maximum atomic E-state index is 13.0. The third-order valence-corrected chi connectivity index (χ3v) is 7.06. The molecule has 9 heteroatoms. The van der Waals surface area contributed by atoms with Crippen LogP contribution in [-0.2, 0) is 16.0 Å². The molecule has 3 N–H and O–H groups in total. The first-order valence-corrected chi connectivity index (χ1v) is 11.1. The number of primary amides is 1. The first-order valence-electron chi connectivity index (χ1n) is 9.34. The number of carbonyl (C=O) groups is 4. The van der Waals surface area contributed by atoms with E-state index in [9.17, 15) is 19.2 Å². The molecule has 1 aliphatic rings. The van der Waals surface area contributed by atoms with Gasteiger partial charge in [-0.05, 0) is 13.0 Å². The predicted octanol–water partition coefficient (Wildman–Crippen LogP) is 2.99. The van der Waals surface area contributed by atoms with Crippen molar-refractivity contribution in [2.24, 2.45) is 5.73 Å². The number of hydrogen-bond acceptors (Lipinski definition) is 7. The third-order valence-electron chi connectivity index (χ3n) is 4.76. The van der Waals surface area contributed by atoms with Gasteiger partial charge in [-0.3, -0.25) is 19.2 Å². The van der Waals surface area contributed by atoms with Crippen molar-refractivity contribution in [3.63, 3.8) is 0 Å². The molecule has 1 aliphatic carbocycles. The average Bonchev–Trinajstić information content (AvgIpc) is 3.09. The number of thioether (sulfide) groups is 1. The van der Waals surface area contributed by atoms with E-state index in [1.54, 1.807) is 49.4 Å². The van der Waals surface area contributed by atoms with Gasteiger partial charge < -0.3 is 11.1 Å². The van der Waals surface area contributed by atoms with Crippen LogP contribution in [0.2, 0.25) is 0 Å². The summed E-state index contributed by atoms with van der Waals surface area (Å²) in [7, 11) is 0. The highest BCUT2D eigenvalue weighted by atomic mass is 32.2. The number of anilines is 1. The normalized spacial score (nSPS) is 12.3. The Kier molecular flexibility index (Phi) is 5.71. The third kappa shape index (κ3) is 4.14. The second-order valence-electron chi connectivity index (χ2n) is 6.90. The van der Waals surface area contributed by atoms with Gasteiger partial charge in [0.25, 0.3) is 0 Å². The van der Waals surface area contributed by atoms with Crippen LogP contribution in [0.4, 0.5) is 5.69 Å². The molecule has 0 unspecified atom stereocenters. The fourth-order valence-electron chi connectivity index (χ4n) is 3.35. The topological polar surface area (TPSA) is 119 Å². The Labute approximate surface area is 186 Å². The molecule has 0 radical (unpaired) electrons. The number of hydrogen-bond donors (Lipinski definition) is 2. The Morgan fingerprint density at radius 2 is 1.71 bits per heavy atom. The van der Waals surface area contributed by atoms with Gasteiger partial charge in [0.15, 0.2) is 15.9 Å². The van der Waals surface area contributed by atoms with Gasteiger partial charge in [-0.15, -0.1) is 11.3 Å². The van der Waals surface area contributed by atoms with Crippen molar-refractivity contribution in [2.45, 2.75) is 17.7 Å². The monoisotopic (exact) mass is 451 g/mol. The van der Waals surface area contributed by atoms with Crippen LogP contribution in [0.1, 0.15) is 42.4 Å². The zero-order valence-electron chi connectivity index (χ0n) is 16.4. The minimum Gasteiger partial charge on any atom is -0.369 e. The quantitative estimate of drug-likeness (QED) is 0.435. The highest BCUT2D eigenvalue weighted by Gasteiger charge is 2.31. The molecule has 1 heterocycles. The van der Waals surface area contributed by atoms with Crippen molar-refractivity contribution in [1.82, 2.24) is 4.98 Å². The van der Waals surface area contributed by atoms with Gasteiger partial charge >= 0.3 is 0 Å². The maximum absolute atomic E-state index is 13.0. The number of nitrogens with two attached hydrogens (primary N) is 1. The lowest BCUT2D eigenvalue weighted by Gasteiger charge is -2.20. The second kappa shape index (κ2) is 8.44. The molecule has 0 bridgehead atoms. The van der Waals surface area contributed by atoms with E-state index in [0.717, 1.165) is 4.88 Å². The molecule has 0 spiro atoms. The van der Waals surface area contributed by atoms with Crippen molar-refractivity contribution in [1.29, 1.82) is 0 Å². The van der Waals surface area contributed by atoms with Gasteiger partial charge in [0.05, 0.1) is 29.1 Å². The van der Waals surface area contributed by atoms with Gasteiger partial charge in [0.1, 0.15) is 0 Å². The molecule has 0 atom stereocenters. The Bertz CT molecular complexity index is 1250. The van der Waals surface area contributed by atoms with Gasteiger partial charge in [-0.1, -0.05) is 48.2 Å². The number of benzene rings is 2. The maximum Gasteiger partial charge on any atom is 0.234 e. The van der Waals surface area contributed by atoms with E-state index in [4.69, 9.17) is 5.73 Å². The van der Waals surface area contributed by atoms with Crippen molar-refractivity contribution >= 4 is 52.2 Å². The van der Waals surface area contributed by atoms with E-state index in [0.29, 0.717) is 26.8 Å². The van der Waals surface area contributed by atoms with Crippen molar-refractivity contribution in [3.05, 3.63) is 75.3 Å². The zero-order valence-corrected chi connectivity index (χ0v) is 18.1. The number of nitrogens with one attached hydrogen (secondary N) is 1. The number of thiazole rings is 1. The second-order valence-corrected chi connectivity index (χ2v) is 9.21. The van der Waals surface area contributed by atoms with E-state index < -0.39 is 5.91 Å². The number of aryl methyl sites for hydroxylation is 1. The van der Waals surface area contributed by atoms with Crippen molar-refractivity contribution in [2.75, 3.05) is 11.1 Å². The zero-order chi connectivity index (χ0) is 22.1. The summed E-state index contributed by atoms with van der Waals surface area (Å²) in [4.78, 5) is 54.6. The standard InChI is InChI=1S/C22H17N3O4S2/c1-11-16(9-17(23)26)31-22(24-11)30-10-18(27)25-15-8-4-7-14-19(15)21(29)13-6-3-2-5-12(13)20(14)28/h2-8H,9-10H2,1H3,(H2,23,26)(H,25,27). The fraction of sp³-hybridized carbons (Fsp3) is 0.136. The molecule has 4 rings (SSSR count). The molecule has 0 fully saturated rings. The van der Waals surface area contributed by atoms with Crippen LogP contribution < -0.4 is 11.1 Å². The largest absolute Gasteiger partial charge is 0.369 e. The first-order chi connectivity index (χ1) is 14.8. The fourth-order valence-corrected chi connectivity index (χ4v) is 5.39. The van der Waals surface area contributed by atoms with Crippen molar-refractivity contribution < 1.29 is 19.2 Å². The molecule has 2 aromatic carbocycles. The Morgan fingerprint density at radius 1 is 1.03 bits per heavy atom. The Hall–Kier alpha value is -3.30. The van der Waals surface area contributed by atoms with Gasteiger partial charge in [-0.2, -0.15) is 0 Å². The number of nitrogens with zero attached hydrogens (tertiary/aromatic N) is 1. The summed E-state index contributed by atoms with van der Waals surface area (Å²) in [6, 6.07) is 11.5. The smallest absolute Gasteiger partial charge is 0.234 e. The van der Waals surface area contributed by atoms with E-state index in [1.165, 1.54) is 23.1 Å². The summed E-state index contributed by atoms with van der Waals surface area (Å²) in [5.41, 5.74) is 7.44. The van der Waals surface area contributed by atoms with Crippen molar-refractivity contribution in [3.8, 4) is 0 Å². The molecular formula is C22H17N3O4S2. The van der Waals surface area contributed by atoms with Gasteiger partial charge in [0.2, 0.25) is 11.8 Å². The van der Waals surface area contributed by atoms with E-state index >= 15 is 0 Å². The number of amides is 2. The molecule has 3 aromatic rings. The number of fused-ring (bicyclic) bond motifs is 2. The van der Waals surface area contributed by atoms with Crippen LogP contribution in [0.25, 0.3) is 0 Å². The van der Waals surface area contributed by atoms with Crippen LogP contribution in [0.3, 0.4) is 0 Å². The molecule has 7 nitrogen and oxygen atoms in total. The molecular weight excluding hydrogens is 434 g/mol. The molecule has 1 aromatic heterocycles. The first kappa shape index (κ1) is 21.0. The lowest BCUT2D eigenvalue weighted by molar-refractivity contribution is -0.117. The van der Waals surface area contributed by atoms with Crippen LogP contribution >= 0.6 is 23.1 Å².